The summed E-state index contributed by atoms with van der Waals surface area (Å²) in [6, 6.07) is 25.7. The maximum absolute atomic E-state index is 13.5. The van der Waals surface area contributed by atoms with Gasteiger partial charge in [0.15, 0.2) is 11.0 Å². The maximum Gasteiger partial charge on any atom is 0.251 e. The molecule has 1 aromatic heterocycles. The third-order valence-electron chi connectivity index (χ3n) is 6.10. The minimum absolute atomic E-state index is 0.306. The van der Waals surface area contributed by atoms with Gasteiger partial charge in [0, 0.05) is 16.3 Å². The van der Waals surface area contributed by atoms with Crippen LogP contribution in [-0.4, -0.2) is 20.7 Å². The fourth-order valence-corrected chi connectivity index (χ4v) is 5.52. The summed E-state index contributed by atoms with van der Waals surface area (Å²) >= 11 is 14.2. The van der Waals surface area contributed by atoms with Gasteiger partial charge in [-0.1, -0.05) is 77.4 Å². The monoisotopic (exact) mass is 594 g/mol. The van der Waals surface area contributed by atoms with E-state index >= 15 is 0 Å². The highest BCUT2D eigenvalue weighted by atomic mass is 35.5. The molecule has 0 spiro atoms. The summed E-state index contributed by atoms with van der Waals surface area (Å²) in [5.74, 6) is -0.192. The molecule has 10 heteroatoms. The van der Waals surface area contributed by atoms with E-state index in [1.807, 2.05) is 30.3 Å². The van der Waals surface area contributed by atoms with E-state index in [0.717, 1.165) is 11.1 Å². The van der Waals surface area contributed by atoms with Crippen molar-refractivity contribution in [2.45, 2.75) is 23.4 Å². The van der Waals surface area contributed by atoms with Gasteiger partial charge in [-0.3, -0.25) is 9.36 Å². The lowest BCUT2D eigenvalue weighted by atomic mass is 10.0. The van der Waals surface area contributed by atoms with E-state index in [4.69, 9.17) is 23.2 Å². The molecule has 5 nitrogen and oxygen atoms in total. The van der Waals surface area contributed by atoms with Crippen LogP contribution in [0.4, 0.5) is 8.78 Å². The molecule has 5 rings (SSSR count). The maximum atomic E-state index is 13.5. The number of amides is 1. The minimum Gasteiger partial charge on any atom is -0.342 e. The topological polar surface area (TPSA) is 59.8 Å². The SMILES string of the molecule is O=C(NC(Cc1ccccc1)c1nnc(SCc2ccc(F)cc2)n1-c1ccc(Cl)cc1Cl)c1ccc(F)cc1. The van der Waals surface area contributed by atoms with Gasteiger partial charge < -0.3 is 5.32 Å². The lowest BCUT2D eigenvalue weighted by Crippen LogP contribution is -2.32. The number of hydrogen-bond acceptors (Lipinski definition) is 4. The molecule has 4 aromatic carbocycles. The predicted molar refractivity (Wildman–Crippen MR) is 154 cm³/mol. The smallest absolute Gasteiger partial charge is 0.251 e. The van der Waals surface area contributed by atoms with Crippen molar-refractivity contribution in [2.75, 3.05) is 0 Å². The van der Waals surface area contributed by atoms with Gasteiger partial charge in [0.1, 0.15) is 11.6 Å². The second kappa shape index (κ2) is 12.6. The van der Waals surface area contributed by atoms with Crippen molar-refractivity contribution in [1.82, 2.24) is 20.1 Å². The van der Waals surface area contributed by atoms with Crippen molar-refractivity contribution in [3.63, 3.8) is 0 Å². The Morgan fingerprint density at radius 3 is 2.20 bits per heavy atom. The molecule has 1 N–H and O–H groups in total. The Labute approximate surface area is 244 Å². The first-order chi connectivity index (χ1) is 19.4. The quantitative estimate of drug-likeness (QED) is 0.176. The summed E-state index contributed by atoms with van der Waals surface area (Å²) in [7, 11) is 0. The summed E-state index contributed by atoms with van der Waals surface area (Å²) in [6.45, 7) is 0. The van der Waals surface area contributed by atoms with Gasteiger partial charge in [-0.2, -0.15) is 0 Å². The Morgan fingerprint density at radius 2 is 1.52 bits per heavy atom. The molecule has 0 fully saturated rings. The highest BCUT2D eigenvalue weighted by Crippen LogP contribution is 2.33. The highest BCUT2D eigenvalue weighted by molar-refractivity contribution is 7.98. The highest BCUT2D eigenvalue weighted by Gasteiger charge is 2.26. The lowest BCUT2D eigenvalue weighted by Gasteiger charge is -2.21. The number of rotatable bonds is 9. The van der Waals surface area contributed by atoms with Gasteiger partial charge in [-0.05, 0) is 72.1 Å². The number of hydrogen-bond donors (Lipinski definition) is 1. The average molecular weight is 596 g/mol. The van der Waals surface area contributed by atoms with Crippen molar-refractivity contribution in [3.8, 4) is 5.69 Å². The Hall–Kier alpha value is -3.72. The summed E-state index contributed by atoms with van der Waals surface area (Å²) in [5, 5.41) is 13.4. The van der Waals surface area contributed by atoms with E-state index < -0.39 is 17.8 Å². The third-order valence-corrected chi connectivity index (χ3v) is 7.63. The van der Waals surface area contributed by atoms with Crippen molar-refractivity contribution in [2.24, 2.45) is 0 Å². The average Bonchev–Trinajstić information content (AvgIpc) is 3.37. The molecule has 1 heterocycles. The normalized spacial score (nSPS) is 11.8. The molecule has 0 aliphatic carbocycles. The van der Waals surface area contributed by atoms with Crippen LogP contribution in [0.5, 0.6) is 0 Å². The molecule has 0 bridgehead atoms. The van der Waals surface area contributed by atoms with Crippen LogP contribution in [0.15, 0.2) is 102 Å². The minimum atomic E-state index is -0.626. The molecule has 0 radical (unpaired) electrons. The molecular weight excluding hydrogens is 573 g/mol. The molecule has 0 aliphatic rings. The number of benzene rings is 4. The second-order valence-electron chi connectivity index (χ2n) is 8.91. The zero-order valence-electron chi connectivity index (χ0n) is 20.9. The summed E-state index contributed by atoms with van der Waals surface area (Å²) in [4.78, 5) is 13.3. The third kappa shape index (κ3) is 6.70. The van der Waals surface area contributed by atoms with Crippen LogP contribution in [0.25, 0.3) is 5.69 Å². The van der Waals surface area contributed by atoms with Crippen LogP contribution in [0, 0.1) is 11.6 Å². The van der Waals surface area contributed by atoms with Crippen LogP contribution in [0.3, 0.4) is 0 Å². The molecule has 202 valence electrons. The first kappa shape index (κ1) is 27.8. The fraction of sp³-hybridized carbons (Fsp3) is 0.100. The van der Waals surface area contributed by atoms with E-state index in [9.17, 15) is 13.6 Å². The molecule has 40 heavy (non-hydrogen) atoms. The van der Waals surface area contributed by atoms with Gasteiger partial charge in [0.05, 0.1) is 16.8 Å². The van der Waals surface area contributed by atoms with E-state index in [0.29, 0.717) is 44.5 Å². The summed E-state index contributed by atoms with van der Waals surface area (Å²) < 4.78 is 28.7. The van der Waals surface area contributed by atoms with Gasteiger partial charge in [0.25, 0.3) is 5.91 Å². The van der Waals surface area contributed by atoms with Crippen LogP contribution in [0.2, 0.25) is 10.0 Å². The van der Waals surface area contributed by atoms with Gasteiger partial charge in [-0.15, -0.1) is 10.2 Å². The number of aromatic nitrogens is 3. The molecular formula is C30H22Cl2F2N4OS. The van der Waals surface area contributed by atoms with Crippen molar-refractivity contribution < 1.29 is 13.6 Å². The van der Waals surface area contributed by atoms with Crippen LogP contribution < -0.4 is 5.32 Å². The van der Waals surface area contributed by atoms with Gasteiger partial charge in [-0.25, -0.2) is 8.78 Å². The van der Waals surface area contributed by atoms with Crippen LogP contribution in [-0.2, 0) is 12.2 Å². The molecule has 1 unspecified atom stereocenters. The van der Waals surface area contributed by atoms with Crippen molar-refractivity contribution in [3.05, 3.63) is 141 Å². The fourth-order valence-electron chi connectivity index (χ4n) is 4.12. The van der Waals surface area contributed by atoms with E-state index in [2.05, 4.69) is 15.5 Å². The Kier molecular flexibility index (Phi) is 8.79. The second-order valence-corrected chi connectivity index (χ2v) is 10.7. The Morgan fingerprint density at radius 1 is 0.850 bits per heavy atom. The summed E-state index contributed by atoms with van der Waals surface area (Å²) in [6.07, 6.45) is 0.403. The first-order valence-corrected chi connectivity index (χ1v) is 14.0. The zero-order chi connectivity index (χ0) is 28.1. The number of nitrogens with one attached hydrogen (secondary N) is 1. The number of halogens is 4. The largest absolute Gasteiger partial charge is 0.342 e. The molecule has 5 aromatic rings. The number of nitrogens with zero attached hydrogens (tertiary/aromatic N) is 3. The van der Waals surface area contributed by atoms with Crippen LogP contribution >= 0.6 is 35.0 Å². The summed E-state index contributed by atoms with van der Waals surface area (Å²) in [5.41, 5.74) is 2.75. The lowest BCUT2D eigenvalue weighted by molar-refractivity contribution is 0.0934. The Bertz CT molecular complexity index is 1610. The molecule has 1 amide bonds. The van der Waals surface area contributed by atoms with E-state index in [1.165, 1.54) is 48.2 Å². The molecule has 0 saturated carbocycles. The first-order valence-electron chi connectivity index (χ1n) is 12.3. The van der Waals surface area contributed by atoms with Crippen molar-refractivity contribution >= 4 is 40.9 Å². The van der Waals surface area contributed by atoms with E-state index in [1.54, 1.807) is 34.9 Å². The molecule has 0 aliphatic heterocycles. The number of carbonyl (C=O) groups is 1. The standard InChI is InChI=1S/C30H22Cl2F2N4OS/c31-22-10-15-27(25(32)17-22)38-28(36-37-30(38)40-18-20-6-11-23(33)12-7-20)26(16-19-4-2-1-3-5-19)35-29(39)21-8-13-24(34)14-9-21/h1-15,17,26H,16,18H2,(H,35,39). The van der Waals surface area contributed by atoms with Gasteiger partial charge >= 0.3 is 0 Å². The molecule has 0 saturated heterocycles. The van der Waals surface area contributed by atoms with Crippen LogP contribution in [0.1, 0.15) is 33.4 Å². The Balaban J connectivity index is 1.56. The predicted octanol–water partition coefficient (Wildman–Crippen LogP) is 7.86. The zero-order valence-corrected chi connectivity index (χ0v) is 23.2. The number of carbonyl (C=O) groups excluding carboxylic acids is 1. The van der Waals surface area contributed by atoms with Crippen molar-refractivity contribution in [1.29, 1.82) is 0 Å². The van der Waals surface area contributed by atoms with Gasteiger partial charge in [0.2, 0.25) is 0 Å². The molecule has 1 atom stereocenters. The number of thioether (sulfide) groups is 1. The van der Waals surface area contributed by atoms with E-state index in [-0.39, 0.29) is 5.82 Å².